The van der Waals surface area contributed by atoms with E-state index in [4.69, 9.17) is 9.47 Å². The lowest BCUT2D eigenvalue weighted by Gasteiger charge is -2.38. The lowest BCUT2D eigenvalue weighted by Crippen LogP contribution is -2.54. The van der Waals surface area contributed by atoms with Crippen LogP contribution in [-0.2, 0) is 16.9 Å². The quantitative estimate of drug-likeness (QED) is 0.693. The van der Waals surface area contributed by atoms with E-state index in [2.05, 4.69) is 21.2 Å². The summed E-state index contributed by atoms with van der Waals surface area (Å²) < 4.78 is 13.5. The van der Waals surface area contributed by atoms with Gasteiger partial charge in [-0.05, 0) is 48.7 Å². The van der Waals surface area contributed by atoms with Gasteiger partial charge >= 0.3 is 6.09 Å². The second-order valence-corrected chi connectivity index (χ2v) is 10.0. The lowest BCUT2D eigenvalue weighted by molar-refractivity contribution is 0.0272. The third-order valence-electron chi connectivity index (χ3n) is 5.64. The van der Waals surface area contributed by atoms with E-state index in [1.54, 1.807) is 15.7 Å². The summed E-state index contributed by atoms with van der Waals surface area (Å²) in [5, 5.41) is 2.89. The molecule has 2 amide bonds. The number of hydrogen-bond acceptors (Lipinski definition) is 5. The maximum absolute atomic E-state index is 12.9. The van der Waals surface area contributed by atoms with Crippen molar-refractivity contribution in [3.05, 3.63) is 62.5 Å². The van der Waals surface area contributed by atoms with Gasteiger partial charge in [-0.2, -0.15) is 0 Å². The summed E-state index contributed by atoms with van der Waals surface area (Å²) in [6.07, 6.45) is 1.84. The number of aromatic nitrogens is 1. The van der Waals surface area contributed by atoms with Crippen molar-refractivity contribution in [1.29, 1.82) is 0 Å². The van der Waals surface area contributed by atoms with E-state index in [0.29, 0.717) is 30.5 Å². The second-order valence-electron chi connectivity index (χ2n) is 9.19. The van der Waals surface area contributed by atoms with Crippen LogP contribution in [0.25, 0.3) is 0 Å². The van der Waals surface area contributed by atoms with Crippen molar-refractivity contribution in [3.63, 3.8) is 0 Å². The van der Waals surface area contributed by atoms with E-state index in [1.807, 2.05) is 51.1 Å². The first kappa shape index (κ1) is 22.4. The minimum absolute atomic E-state index is 0.00415. The van der Waals surface area contributed by atoms with Gasteiger partial charge in [0.15, 0.2) is 11.4 Å². The molecule has 0 saturated carbocycles. The number of rotatable bonds is 3. The number of pyridine rings is 1. The molecule has 9 heteroatoms. The predicted molar refractivity (Wildman–Crippen MR) is 122 cm³/mol. The molecule has 2 aliphatic heterocycles. The lowest BCUT2D eigenvalue weighted by atomic mass is 9.94. The van der Waals surface area contributed by atoms with E-state index < -0.39 is 17.2 Å². The third-order valence-corrected chi connectivity index (χ3v) is 6.20. The number of fused-ring (bicyclic) bond motifs is 2. The largest absolute Gasteiger partial charge is 0.483 e. The second kappa shape index (κ2) is 8.27. The zero-order valence-corrected chi connectivity index (χ0v) is 19.9. The number of benzene rings is 1. The highest BCUT2D eigenvalue weighted by Gasteiger charge is 2.47. The van der Waals surface area contributed by atoms with Crippen molar-refractivity contribution < 1.29 is 19.1 Å². The molecule has 1 fully saturated rings. The van der Waals surface area contributed by atoms with Gasteiger partial charge in [-0.15, -0.1) is 0 Å². The Morgan fingerprint density at radius 3 is 2.62 bits per heavy atom. The molecule has 0 bridgehead atoms. The first-order valence-corrected chi connectivity index (χ1v) is 11.3. The number of ether oxygens (including phenoxy) is 2. The van der Waals surface area contributed by atoms with Crippen LogP contribution in [0.15, 0.2) is 45.8 Å². The predicted octanol–water partition coefficient (Wildman–Crippen LogP) is 3.27. The van der Waals surface area contributed by atoms with Crippen molar-refractivity contribution in [2.24, 2.45) is 0 Å². The summed E-state index contributed by atoms with van der Waals surface area (Å²) in [6, 6.07) is 9.44. The van der Waals surface area contributed by atoms with Crippen molar-refractivity contribution in [3.8, 4) is 5.75 Å². The van der Waals surface area contributed by atoms with Crippen LogP contribution in [0, 0.1) is 0 Å². The van der Waals surface area contributed by atoms with Gasteiger partial charge in [-0.3, -0.25) is 9.59 Å². The molecule has 1 aromatic heterocycles. The molecule has 1 saturated heterocycles. The Kier molecular flexibility index (Phi) is 5.79. The van der Waals surface area contributed by atoms with Gasteiger partial charge in [0.2, 0.25) is 5.43 Å². The van der Waals surface area contributed by atoms with E-state index in [9.17, 15) is 14.4 Å². The molecule has 32 heavy (non-hydrogen) atoms. The maximum atomic E-state index is 12.9. The SMILES string of the molecule is CC(C)(C)OC(=O)N1CCC2(CNC(=O)c3c(OCc4ccccc4)c(=O)c(Br)cn32)C1. The zero-order valence-electron chi connectivity index (χ0n) is 18.3. The fourth-order valence-corrected chi connectivity index (χ4v) is 4.49. The first-order chi connectivity index (χ1) is 15.1. The summed E-state index contributed by atoms with van der Waals surface area (Å²) in [7, 11) is 0. The van der Waals surface area contributed by atoms with Crippen LogP contribution in [0.2, 0.25) is 0 Å². The Hall–Kier alpha value is -2.81. The monoisotopic (exact) mass is 503 g/mol. The van der Waals surface area contributed by atoms with Gasteiger partial charge in [0.05, 0.1) is 10.0 Å². The molecule has 1 spiro atoms. The zero-order chi connectivity index (χ0) is 23.1. The Morgan fingerprint density at radius 2 is 1.94 bits per heavy atom. The number of hydrogen-bond donors (Lipinski definition) is 1. The van der Waals surface area contributed by atoms with Gasteiger partial charge in [0, 0.05) is 25.8 Å². The summed E-state index contributed by atoms with van der Waals surface area (Å²) in [5.41, 5.74) is -0.528. The van der Waals surface area contributed by atoms with Crippen molar-refractivity contribution in [2.75, 3.05) is 19.6 Å². The minimum Gasteiger partial charge on any atom is -0.483 e. The highest BCUT2D eigenvalue weighted by molar-refractivity contribution is 9.10. The number of carbonyl (C=O) groups is 2. The number of nitrogens with zero attached hydrogens (tertiary/aromatic N) is 2. The number of carbonyl (C=O) groups excluding carboxylic acids is 2. The Morgan fingerprint density at radius 1 is 1.22 bits per heavy atom. The van der Waals surface area contributed by atoms with Crippen molar-refractivity contribution in [2.45, 2.75) is 44.9 Å². The van der Waals surface area contributed by atoms with Gasteiger partial charge in [0.1, 0.15) is 12.2 Å². The van der Waals surface area contributed by atoms with Crippen LogP contribution in [0.3, 0.4) is 0 Å². The van der Waals surface area contributed by atoms with Crippen LogP contribution in [0.4, 0.5) is 4.79 Å². The van der Waals surface area contributed by atoms with E-state index >= 15 is 0 Å². The molecular formula is C23H26BrN3O5. The molecule has 0 radical (unpaired) electrons. The first-order valence-electron chi connectivity index (χ1n) is 10.5. The molecule has 1 N–H and O–H groups in total. The van der Waals surface area contributed by atoms with Crippen molar-refractivity contribution >= 4 is 27.9 Å². The molecule has 1 aromatic carbocycles. The molecule has 2 aromatic rings. The fraction of sp³-hybridized carbons (Fsp3) is 0.435. The molecule has 170 valence electrons. The van der Waals surface area contributed by atoms with Crippen LogP contribution < -0.4 is 15.5 Å². The molecule has 8 nitrogen and oxygen atoms in total. The maximum Gasteiger partial charge on any atom is 0.410 e. The molecule has 2 aliphatic rings. The molecule has 4 rings (SSSR count). The van der Waals surface area contributed by atoms with Gasteiger partial charge in [0.25, 0.3) is 5.91 Å². The Bertz CT molecular complexity index is 1110. The summed E-state index contributed by atoms with van der Waals surface area (Å²) >= 11 is 3.34. The Balaban J connectivity index is 1.69. The van der Waals surface area contributed by atoms with Gasteiger partial charge in [-0.25, -0.2) is 4.79 Å². The third kappa shape index (κ3) is 4.26. The van der Waals surface area contributed by atoms with Gasteiger partial charge < -0.3 is 24.3 Å². The van der Waals surface area contributed by atoms with Crippen molar-refractivity contribution in [1.82, 2.24) is 14.8 Å². The highest BCUT2D eigenvalue weighted by atomic mass is 79.9. The number of nitrogens with one attached hydrogen (secondary N) is 1. The standard InChI is InChI=1S/C23H26BrN3O5/c1-22(2,3)32-21(30)26-10-9-23(14-26)13-25-20(29)17-19(18(28)16(24)11-27(17)23)31-12-15-7-5-4-6-8-15/h4-8,11H,9-10,12-14H2,1-3H3,(H,25,29). The normalized spacial score (nSPS) is 20.1. The summed E-state index contributed by atoms with van der Waals surface area (Å²) in [6.45, 7) is 6.80. The fourth-order valence-electron chi connectivity index (χ4n) is 4.11. The molecular weight excluding hydrogens is 478 g/mol. The average molecular weight is 504 g/mol. The summed E-state index contributed by atoms with van der Waals surface area (Å²) in [5.74, 6) is -0.380. The minimum atomic E-state index is -0.600. The van der Waals surface area contributed by atoms with Crippen LogP contribution in [-0.4, -0.2) is 46.7 Å². The van der Waals surface area contributed by atoms with Gasteiger partial charge in [-0.1, -0.05) is 30.3 Å². The van der Waals surface area contributed by atoms with Crippen LogP contribution in [0.1, 0.15) is 43.2 Å². The van der Waals surface area contributed by atoms with Crippen LogP contribution >= 0.6 is 15.9 Å². The number of likely N-dealkylation sites (tertiary alicyclic amines) is 1. The molecule has 1 unspecified atom stereocenters. The Labute approximate surface area is 194 Å². The topological polar surface area (TPSA) is 89.9 Å². The number of amides is 2. The van der Waals surface area contributed by atoms with E-state index in [-0.39, 0.29) is 29.4 Å². The van der Waals surface area contributed by atoms with E-state index in [1.165, 1.54) is 0 Å². The average Bonchev–Trinajstić information content (AvgIpc) is 3.17. The summed E-state index contributed by atoms with van der Waals surface area (Å²) in [4.78, 5) is 40.0. The smallest absolute Gasteiger partial charge is 0.410 e. The molecule has 3 heterocycles. The molecule has 1 atom stereocenters. The molecule has 0 aliphatic carbocycles. The van der Waals surface area contributed by atoms with Crippen LogP contribution in [0.5, 0.6) is 5.75 Å². The number of halogens is 1. The van der Waals surface area contributed by atoms with E-state index in [0.717, 1.165) is 5.56 Å². The highest BCUT2D eigenvalue weighted by Crippen LogP contribution is 2.36.